The van der Waals surface area contributed by atoms with E-state index in [1.165, 1.54) is 0 Å². The monoisotopic (exact) mass is 352 g/mol. The standard InChI is InChI=1S/C24H20N2O/c1-18(27)22-17-25-23(26-22)24(19-11-5-2-6-12-19,20-13-7-3-8-14-20)21-15-9-4-10-16-21/h2-17H,1H3,(H,25,26). The van der Waals surface area contributed by atoms with Crippen molar-refractivity contribution in [3.63, 3.8) is 0 Å². The van der Waals surface area contributed by atoms with Gasteiger partial charge in [-0.1, -0.05) is 91.0 Å². The van der Waals surface area contributed by atoms with E-state index in [0.29, 0.717) is 5.69 Å². The first-order valence-electron chi connectivity index (χ1n) is 8.96. The van der Waals surface area contributed by atoms with Crippen molar-refractivity contribution in [2.24, 2.45) is 0 Å². The minimum Gasteiger partial charge on any atom is -0.338 e. The molecule has 3 aromatic carbocycles. The maximum atomic E-state index is 11.9. The minimum absolute atomic E-state index is 0.0307. The highest BCUT2D eigenvalue weighted by Crippen LogP contribution is 2.43. The molecule has 3 heteroatoms. The van der Waals surface area contributed by atoms with E-state index in [1.807, 2.05) is 54.6 Å². The van der Waals surface area contributed by atoms with E-state index >= 15 is 0 Å². The lowest BCUT2D eigenvalue weighted by Gasteiger charge is -2.34. The molecular weight excluding hydrogens is 332 g/mol. The van der Waals surface area contributed by atoms with E-state index in [2.05, 4.69) is 46.4 Å². The summed E-state index contributed by atoms with van der Waals surface area (Å²) in [6, 6.07) is 30.9. The number of H-pyrrole nitrogens is 1. The molecule has 0 aliphatic heterocycles. The van der Waals surface area contributed by atoms with Crippen molar-refractivity contribution in [3.8, 4) is 0 Å². The van der Waals surface area contributed by atoms with E-state index in [9.17, 15) is 4.79 Å². The number of benzene rings is 3. The van der Waals surface area contributed by atoms with E-state index in [-0.39, 0.29) is 5.78 Å². The molecule has 27 heavy (non-hydrogen) atoms. The third-order valence-electron chi connectivity index (χ3n) is 4.93. The van der Waals surface area contributed by atoms with Crippen molar-refractivity contribution in [2.45, 2.75) is 12.3 Å². The second-order valence-corrected chi connectivity index (χ2v) is 6.55. The van der Waals surface area contributed by atoms with Gasteiger partial charge in [-0.15, -0.1) is 0 Å². The molecule has 3 nitrogen and oxygen atoms in total. The molecule has 0 saturated carbocycles. The van der Waals surface area contributed by atoms with Gasteiger partial charge < -0.3 is 4.98 Å². The largest absolute Gasteiger partial charge is 0.338 e. The lowest BCUT2D eigenvalue weighted by molar-refractivity contribution is 0.101. The van der Waals surface area contributed by atoms with Gasteiger partial charge in [0, 0.05) is 6.92 Å². The van der Waals surface area contributed by atoms with Crippen LogP contribution < -0.4 is 0 Å². The number of ketones is 1. The predicted octanol–water partition coefficient (Wildman–Crippen LogP) is 5.00. The summed E-state index contributed by atoms with van der Waals surface area (Å²) in [5.41, 5.74) is 3.14. The van der Waals surface area contributed by atoms with Gasteiger partial charge in [0.05, 0.1) is 6.20 Å². The van der Waals surface area contributed by atoms with Crippen molar-refractivity contribution in [2.75, 3.05) is 0 Å². The number of Topliss-reactive ketones (excluding diaryl/α,β-unsaturated/α-hetero) is 1. The number of carbonyl (C=O) groups excluding carboxylic acids is 1. The normalized spacial score (nSPS) is 11.3. The van der Waals surface area contributed by atoms with E-state index in [1.54, 1.807) is 13.1 Å². The fourth-order valence-electron chi connectivity index (χ4n) is 3.67. The first-order valence-corrected chi connectivity index (χ1v) is 8.96. The van der Waals surface area contributed by atoms with Crippen LogP contribution in [0.25, 0.3) is 0 Å². The summed E-state index contributed by atoms with van der Waals surface area (Å²) in [4.78, 5) is 19.9. The van der Waals surface area contributed by atoms with Crippen molar-refractivity contribution < 1.29 is 4.79 Å². The molecule has 4 aromatic rings. The van der Waals surface area contributed by atoms with Crippen LogP contribution in [0.3, 0.4) is 0 Å². The Kier molecular flexibility index (Phi) is 4.43. The average Bonchev–Trinajstić information content (AvgIpc) is 3.22. The molecule has 1 N–H and O–H groups in total. The molecule has 0 spiro atoms. The molecule has 4 rings (SSSR count). The fraction of sp³-hybridized carbons (Fsp3) is 0.0833. The quantitative estimate of drug-likeness (QED) is 0.406. The van der Waals surface area contributed by atoms with Crippen LogP contribution in [-0.4, -0.2) is 15.8 Å². The number of aromatic nitrogens is 2. The van der Waals surface area contributed by atoms with E-state index < -0.39 is 5.41 Å². The second-order valence-electron chi connectivity index (χ2n) is 6.55. The number of nitrogens with zero attached hydrogens (tertiary/aromatic N) is 1. The van der Waals surface area contributed by atoms with Crippen molar-refractivity contribution in [3.05, 3.63) is 125 Å². The Morgan fingerprint density at radius 2 is 1.15 bits per heavy atom. The predicted molar refractivity (Wildman–Crippen MR) is 107 cm³/mol. The van der Waals surface area contributed by atoms with Crippen LogP contribution in [0.15, 0.2) is 97.2 Å². The zero-order valence-electron chi connectivity index (χ0n) is 15.1. The van der Waals surface area contributed by atoms with Crippen molar-refractivity contribution >= 4 is 5.78 Å². The van der Waals surface area contributed by atoms with Gasteiger partial charge in [0.15, 0.2) is 5.78 Å². The summed E-state index contributed by atoms with van der Waals surface area (Å²) in [5, 5.41) is 0. The highest BCUT2D eigenvalue weighted by molar-refractivity contribution is 5.92. The molecule has 0 bridgehead atoms. The van der Waals surface area contributed by atoms with Crippen LogP contribution in [-0.2, 0) is 5.41 Å². The molecule has 0 aliphatic carbocycles. The summed E-state index contributed by atoms with van der Waals surface area (Å²) in [7, 11) is 0. The van der Waals surface area contributed by atoms with Gasteiger partial charge in [-0.05, 0) is 16.7 Å². The average molecular weight is 352 g/mol. The van der Waals surface area contributed by atoms with Gasteiger partial charge in [-0.3, -0.25) is 4.79 Å². The van der Waals surface area contributed by atoms with Crippen molar-refractivity contribution in [1.29, 1.82) is 0 Å². The topological polar surface area (TPSA) is 45.8 Å². The first-order chi connectivity index (χ1) is 13.2. The Morgan fingerprint density at radius 1 is 0.741 bits per heavy atom. The maximum Gasteiger partial charge on any atom is 0.177 e. The number of hydrogen-bond acceptors (Lipinski definition) is 2. The number of nitrogens with one attached hydrogen (secondary N) is 1. The van der Waals surface area contributed by atoms with Crippen LogP contribution in [0.1, 0.15) is 39.9 Å². The Balaban J connectivity index is 2.10. The molecule has 0 amide bonds. The molecular formula is C24H20N2O. The number of rotatable bonds is 5. The summed E-state index contributed by atoms with van der Waals surface area (Å²) in [5.74, 6) is 0.702. The van der Waals surface area contributed by atoms with Crippen molar-refractivity contribution in [1.82, 2.24) is 9.97 Å². The maximum absolute atomic E-state index is 11.9. The van der Waals surface area contributed by atoms with Crippen LogP contribution in [0.2, 0.25) is 0 Å². The van der Waals surface area contributed by atoms with Gasteiger partial charge in [0.25, 0.3) is 0 Å². The van der Waals surface area contributed by atoms with Gasteiger partial charge in [-0.25, -0.2) is 4.98 Å². The SMILES string of the molecule is CC(=O)c1cnc(C(c2ccccc2)(c2ccccc2)c2ccccc2)[nH]1. The smallest absolute Gasteiger partial charge is 0.177 e. The Bertz CT molecular complexity index is 941. The highest BCUT2D eigenvalue weighted by atomic mass is 16.1. The fourth-order valence-corrected chi connectivity index (χ4v) is 3.67. The van der Waals surface area contributed by atoms with Gasteiger partial charge in [0.2, 0.25) is 0 Å². The van der Waals surface area contributed by atoms with Gasteiger partial charge >= 0.3 is 0 Å². The summed E-state index contributed by atoms with van der Waals surface area (Å²) >= 11 is 0. The zero-order chi connectivity index (χ0) is 18.7. The molecule has 132 valence electrons. The molecule has 0 fully saturated rings. The third kappa shape index (κ3) is 2.87. The van der Waals surface area contributed by atoms with Gasteiger partial charge in [0.1, 0.15) is 16.9 Å². The molecule has 1 heterocycles. The molecule has 0 radical (unpaired) electrons. The van der Waals surface area contributed by atoms with E-state index in [0.717, 1.165) is 22.5 Å². The number of aromatic amines is 1. The van der Waals surface area contributed by atoms with Crippen LogP contribution in [0, 0.1) is 0 Å². The number of carbonyl (C=O) groups is 1. The van der Waals surface area contributed by atoms with E-state index in [4.69, 9.17) is 0 Å². The molecule has 1 aromatic heterocycles. The van der Waals surface area contributed by atoms with Crippen LogP contribution in [0.5, 0.6) is 0 Å². The molecule has 0 aliphatic rings. The lowest BCUT2D eigenvalue weighted by Crippen LogP contribution is -2.32. The Morgan fingerprint density at radius 3 is 1.48 bits per heavy atom. The first kappa shape index (κ1) is 17.0. The lowest BCUT2D eigenvalue weighted by atomic mass is 9.69. The minimum atomic E-state index is -0.641. The highest BCUT2D eigenvalue weighted by Gasteiger charge is 2.41. The third-order valence-corrected chi connectivity index (χ3v) is 4.93. The Hall–Kier alpha value is -3.46. The summed E-state index contributed by atoms with van der Waals surface area (Å²) < 4.78 is 0. The Labute approximate surface area is 158 Å². The number of imidazole rings is 1. The number of hydrogen-bond donors (Lipinski definition) is 1. The van der Waals surface area contributed by atoms with Crippen LogP contribution >= 0.6 is 0 Å². The summed E-state index contributed by atoms with van der Waals surface area (Å²) in [6.07, 6.45) is 1.63. The van der Waals surface area contributed by atoms with Gasteiger partial charge in [-0.2, -0.15) is 0 Å². The summed E-state index contributed by atoms with van der Waals surface area (Å²) in [6.45, 7) is 1.55. The molecule has 0 atom stereocenters. The molecule has 0 unspecified atom stereocenters. The van der Waals surface area contributed by atoms with Crippen LogP contribution in [0.4, 0.5) is 0 Å². The molecule has 0 saturated heterocycles. The zero-order valence-corrected chi connectivity index (χ0v) is 15.1. The second kappa shape index (κ2) is 7.04.